The van der Waals surface area contributed by atoms with E-state index in [1.54, 1.807) is 11.8 Å². The van der Waals surface area contributed by atoms with E-state index < -0.39 is 5.54 Å². The predicted molar refractivity (Wildman–Crippen MR) is 80.4 cm³/mol. The average molecular weight is 288 g/mol. The lowest BCUT2D eigenvalue weighted by Gasteiger charge is -2.18. The molecule has 0 bridgehead atoms. The molecule has 1 aromatic carbocycles. The van der Waals surface area contributed by atoms with Crippen molar-refractivity contribution in [1.29, 1.82) is 0 Å². The Morgan fingerprint density at radius 2 is 2.10 bits per heavy atom. The number of hydrogen-bond acceptors (Lipinski definition) is 3. The Balaban J connectivity index is 1.67. The second-order valence-electron chi connectivity index (χ2n) is 5.04. The van der Waals surface area contributed by atoms with Gasteiger partial charge in [-0.2, -0.15) is 11.8 Å². The number of rotatable bonds is 3. The average Bonchev–Trinajstić information content (AvgIpc) is 3.01. The highest BCUT2D eigenvalue weighted by Crippen LogP contribution is 2.33. The highest BCUT2D eigenvalue weighted by Gasteiger charge is 2.52. The third-order valence-corrected chi connectivity index (χ3v) is 4.86. The summed E-state index contributed by atoms with van der Waals surface area (Å²) in [4.78, 5) is 25.6. The molecule has 20 heavy (non-hydrogen) atoms. The Labute approximate surface area is 122 Å². The molecule has 4 nitrogen and oxygen atoms in total. The summed E-state index contributed by atoms with van der Waals surface area (Å²) in [5, 5.41) is 2.86. The Morgan fingerprint density at radius 1 is 1.30 bits per heavy atom. The van der Waals surface area contributed by atoms with Crippen molar-refractivity contribution in [3.8, 4) is 0 Å². The summed E-state index contributed by atoms with van der Waals surface area (Å²) in [6.07, 6.45) is 4.52. The number of amides is 3. The van der Waals surface area contributed by atoms with Gasteiger partial charge in [-0.25, -0.2) is 4.79 Å². The lowest BCUT2D eigenvalue weighted by atomic mass is 9.99. The van der Waals surface area contributed by atoms with Crippen molar-refractivity contribution in [3.63, 3.8) is 0 Å². The molecule has 1 N–H and O–H groups in total. The van der Waals surface area contributed by atoms with Crippen molar-refractivity contribution >= 4 is 29.8 Å². The standard InChI is InChI=1S/C15H16N2O2S/c18-13-15(8-10-20-11-15)16-14(19)17(13)9-4-7-12-5-2-1-3-6-12/h1-7H,8-11H2,(H,16,19)/b7-4-/t15-/m0/s1. The van der Waals surface area contributed by atoms with Crippen LogP contribution in [0.4, 0.5) is 4.79 Å². The van der Waals surface area contributed by atoms with Crippen LogP contribution in [0, 0.1) is 0 Å². The summed E-state index contributed by atoms with van der Waals surface area (Å²) in [5.74, 6) is 1.54. The van der Waals surface area contributed by atoms with Gasteiger partial charge >= 0.3 is 6.03 Å². The van der Waals surface area contributed by atoms with Crippen LogP contribution in [-0.2, 0) is 4.79 Å². The third-order valence-electron chi connectivity index (χ3n) is 3.67. The minimum Gasteiger partial charge on any atom is -0.322 e. The maximum absolute atomic E-state index is 12.4. The van der Waals surface area contributed by atoms with Crippen molar-refractivity contribution in [2.75, 3.05) is 18.1 Å². The largest absolute Gasteiger partial charge is 0.325 e. The van der Waals surface area contributed by atoms with Gasteiger partial charge in [-0.15, -0.1) is 0 Å². The lowest BCUT2D eigenvalue weighted by Crippen LogP contribution is -2.47. The molecule has 2 aliphatic rings. The van der Waals surface area contributed by atoms with Crippen molar-refractivity contribution in [3.05, 3.63) is 42.0 Å². The first-order valence-electron chi connectivity index (χ1n) is 6.65. The molecule has 0 unspecified atom stereocenters. The van der Waals surface area contributed by atoms with Gasteiger partial charge in [0.25, 0.3) is 5.91 Å². The first-order chi connectivity index (χ1) is 9.71. The fourth-order valence-electron chi connectivity index (χ4n) is 2.53. The highest BCUT2D eigenvalue weighted by atomic mass is 32.2. The molecular formula is C15H16N2O2S. The SMILES string of the molecule is O=C1N[C@]2(CCSC2)C(=O)N1C/C=C\c1ccccc1. The minimum absolute atomic E-state index is 0.0785. The van der Waals surface area contributed by atoms with Gasteiger partial charge in [0, 0.05) is 12.3 Å². The summed E-state index contributed by atoms with van der Waals surface area (Å²) < 4.78 is 0. The summed E-state index contributed by atoms with van der Waals surface area (Å²) in [5.41, 5.74) is 0.424. The number of nitrogens with zero attached hydrogens (tertiary/aromatic N) is 1. The van der Waals surface area contributed by atoms with E-state index >= 15 is 0 Å². The van der Waals surface area contributed by atoms with E-state index in [9.17, 15) is 9.59 Å². The lowest BCUT2D eigenvalue weighted by molar-refractivity contribution is -0.130. The van der Waals surface area contributed by atoms with Crippen LogP contribution < -0.4 is 5.32 Å². The first-order valence-corrected chi connectivity index (χ1v) is 7.80. The van der Waals surface area contributed by atoms with Crippen molar-refractivity contribution < 1.29 is 9.59 Å². The molecule has 2 saturated heterocycles. The number of carbonyl (C=O) groups excluding carboxylic acids is 2. The number of hydrogen-bond donors (Lipinski definition) is 1. The molecular weight excluding hydrogens is 272 g/mol. The Kier molecular flexibility index (Phi) is 3.53. The van der Waals surface area contributed by atoms with E-state index in [0.29, 0.717) is 12.3 Å². The maximum Gasteiger partial charge on any atom is 0.325 e. The number of imide groups is 1. The zero-order chi connectivity index (χ0) is 14.0. The second-order valence-corrected chi connectivity index (χ2v) is 6.15. The first kappa shape index (κ1) is 13.2. The van der Waals surface area contributed by atoms with Gasteiger partial charge in [-0.3, -0.25) is 9.69 Å². The molecule has 2 aliphatic heterocycles. The topological polar surface area (TPSA) is 49.4 Å². The van der Waals surface area contributed by atoms with Gasteiger partial charge in [0.2, 0.25) is 0 Å². The van der Waals surface area contributed by atoms with Crippen LogP contribution in [0.1, 0.15) is 12.0 Å². The van der Waals surface area contributed by atoms with Crippen LogP contribution in [0.15, 0.2) is 36.4 Å². The zero-order valence-corrected chi connectivity index (χ0v) is 11.9. The molecule has 3 rings (SSSR count). The fraction of sp³-hybridized carbons (Fsp3) is 0.333. The van der Waals surface area contributed by atoms with E-state index in [-0.39, 0.29) is 11.9 Å². The molecule has 2 fully saturated rings. The van der Waals surface area contributed by atoms with Gasteiger partial charge in [0.05, 0.1) is 0 Å². The number of benzene rings is 1. The second kappa shape index (κ2) is 5.32. The van der Waals surface area contributed by atoms with E-state index in [0.717, 1.165) is 17.7 Å². The molecule has 1 aromatic rings. The minimum atomic E-state index is -0.637. The normalized spacial score (nSPS) is 25.9. The smallest absolute Gasteiger partial charge is 0.322 e. The van der Waals surface area contributed by atoms with Gasteiger partial charge in [0.1, 0.15) is 5.54 Å². The molecule has 0 aromatic heterocycles. The number of thioether (sulfide) groups is 1. The van der Waals surface area contributed by atoms with Crippen LogP contribution in [0.5, 0.6) is 0 Å². The molecule has 1 atom stereocenters. The molecule has 104 valence electrons. The van der Waals surface area contributed by atoms with Gasteiger partial charge in [-0.05, 0) is 17.7 Å². The van der Waals surface area contributed by atoms with Crippen LogP contribution in [-0.4, -0.2) is 40.4 Å². The molecule has 2 heterocycles. The van der Waals surface area contributed by atoms with E-state index in [1.807, 2.05) is 42.5 Å². The number of urea groups is 1. The third kappa shape index (κ3) is 2.33. The van der Waals surface area contributed by atoms with Crippen LogP contribution in [0.3, 0.4) is 0 Å². The van der Waals surface area contributed by atoms with E-state index in [2.05, 4.69) is 5.32 Å². The summed E-state index contributed by atoms with van der Waals surface area (Å²) in [6.45, 7) is 0.325. The van der Waals surface area contributed by atoms with Crippen LogP contribution in [0.25, 0.3) is 6.08 Å². The van der Waals surface area contributed by atoms with Gasteiger partial charge in [-0.1, -0.05) is 42.5 Å². The highest BCUT2D eigenvalue weighted by molar-refractivity contribution is 7.99. The van der Waals surface area contributed by atoms with E-state index in [4.69, 9.17) is 0 Å². The molecule has 5 heteroatoms. The molecule has 0 saturated carbocycles. The van der Waals surface area contributed by atoms with E-state index in [1.165, 1.54) is 4.90 Å². The number of nitrogens with one attached hydrogen (secondary N) is 1. The summed E-state index contributed by atoms with van der Waals surface area (Å²) in [6, 6.07) is 9.57. The molecule has 1 spiro atoms. The predicted octanol–water partition coefficient (Wildman–Crippen LogP) is 2.13. The van der Waals surface area contributed by atoms with Crippen molar-refractivity contribution in [1.82, 2.24) is 10.2 Å². The van der Waals surface area contributed by atoms with Crippen LogP contribution in [0.2, 0.25) is 0 Å². The monoisotopic (exact) mass is 288 g/mol. The van der Waals surface area contributed by atoms with Crippen molar-refractivity contribution in [2.24, 2.45) is 0 Å². The summed E-state index contributed by atoms with van der Waals surface area (Å²) in [7, 11) is 0. The fourth-order valence-corrected chi connectivity index (χ4v) is 3.86. The molecule has 0 aliphatic carbocycles. The molecule has 3 amide bonds. The maximum atomic E-state index is 12.4. The number of carbonyl (C=O) groups is 2. The Morgan fingerprint density at radius 3 is 2.80 bits per heavy atom. The Hall–Kier alpha value is -1.75. The molecule has 0 radical (unpaired) electrons. The van der Waals surface area contributed by atoms with Gasteiger partial charge < -0.3 is 5.32 Å². The van der Waals surface area contributed by atoms with Crippen molar-refractivity contribution in [2.45, 2.75) is 12.0 Å². The quantitative estimate of drug-likeness (QED) is 0.867. The van der Waals surface area contributed by atoms with Crippen LogP contribution >= 0.6 is 11.8 Å². The van der Waals surface area contributed by atoms with Gasteiger partial charge in [0.15, 0.2) is 0 Å². The Bertz CT molecular complexity index is 550. The summed E-state index contributed by atoms with van der Waals surface area (Å²) >= 11 is 1.72. The zero-order valence-electron chi connectivity index (χ0n) is 11.0.